The van der Waals surface area contributed by atoms with E-state index >= 15 is 0 Å². The van der Waals surface area contributed by atoms with Crippen molar-refractivity contribution in [3.05, 3.63) is 70.9 Å². The number of benzene rings is 2. The average Bonchev–Trinajstić information content (AvgIpc) is 3.00. The Kier molecular flexibility index (Phi) is 6.41. The summed E-state index contributed by atoms with van der Waals surface area (Å²) in [6.07, 6.45) is 4.13. The standard InChI is InChI=1S/C29H35N3O4/c1-5-32-28(34)31-19-22-17-23(35-3)18-24(36-4)27(22)20(2)15-25(31)29(32)11-13-30(14-12-29)26(33)16-21-9-7-6-8-10-21/h6-10,15,17-18,20H,5,11-14,16,19H2,1-4H3/t20-/m0/s1. The fourth-order valence-electron chi connectivity index (χ4n) is 6.27. The summed E-state index contributed by atoms with van der Waals surface area (Å²) in [5.74, 6) is 1.72. The van der Waals surface area contributed by atoms with Crippen LogP contribution >= 0.6 is 0 Å². The number of carbonyl (C=O) groups excluding carboxylic acids is 2. The molecule has 3 aliphatic rings. The second-order valence-corrected chi connectivity index (χ2v) is 9.93. The lowest BCUT2D eigenvalue weighted by molar-refractivity contribution is -0.132. The summed E-state index contributed by atoms with van der Waals surface area (Å²) >= 11 is 0. The highest BCUT2D eigenvalue weighted by Gasteiger charge is 2.55. The number of urea groups is 1. The Morgan fingerprint density at radius 2 is 1.81 bits per heavy atom. The SMILES string of the molecule is CCN1C(=O)N2Cc3cc(OC)cc(OC)c3[C@@H](C)C=C2C12CCN(C(=O)Cc1ccccc1)CC2. The molecule has 1 atom stereocenters. The molecule has 0 unspecified atom stereocenters. The Hall–Kier alpha value is -3.48. The van der Waals surface area contributed by atoms with Crippen molar-refractivity contribution in [1.29, 1.82) is 0 Å². The third-order valence-electron chi connectivity index (χ3n) is 8.05. The van der Waals surface area contributed by atoms with E-state index in [-0.39, 0.29) is 17.9 Å². The van der Waals surface area contributed by atoms with E-state index < -0.39 is 5.54 Å². The normalized spacial score (nSPS) is 20.6. The van der Waals surface area contributed by atoms with Crippen LogP contribution in [0.4, 0.5) is 4.79 Å². The summed E-state index contributed by atoms with van der Waals surface area (Å²) < 4.78 is 11.2. The number of hydrogen-bond donors (Lipinski definition) is 0. The zero-order chi connectivity index (χ0) is 25.4. The van der Waals surface area contributed by atoms with Gasteiger partial charge in [-0.3, -0.25) is 9.69 Å². The zero-order valence-electron chi connectivity index (χ0n) is 21.6. The third-order valence-corrected chi connectivity index (χ3v) is 8.05. The molecule has 0 radical (unpaired) electrons. The second kappa shape index (κ2) is 9.52. The number of hydrogen-bond acceptors (Lipinski definition) is 4. The van der Waals surface area contributed by atoms with E-state index in [2.05, 4.69) is 13.0 Å². The van der Waals surface area contributed by atoms with Gasteiger partial charge in [0, 0.05) is 42.9 Å². The van der Waals surface area contributed by atoms with Gasteiger partial charge in [0.05, 0.1) is 32.7 Å². The topological polar surface area (TPSA) is 62.3 Å². The Balaban J connectivity index is 1.44. The number of rotatable bonds is 5. The van der Waals surface area contributed by atoms with Crippen molar-refractivity contribution in [2.24, 2.45) is 0 Å². The first kappa shape index (κ1) is 24.2. The summed E-state index contributed by atoms with van der Waals surface area (Å²) in [6, 6.07) is 13.9. The summed E-state index contributed by atoms with van der Waals surface area (Å²) in [5.41, 5.74) is 3.84. The largest absolute Gasteiger partial charge is 0.497 e. The maximum absolute atomic E-state index is 13.7. The molecule has 0 bridgehead atoms. The molecule has 36 heavy (non-hydrogen) atoms. The van der Waals surface area contributed by atoms with Gasteiger partial charge in [0.2, 0.25) is 5.91 Å². The number of allylic oxidation sites excluding steroid dienone is 1. The molecular formula is C29H35N3O4. The molecule has 5 rings (SSSR count). The van der Waals surface area contributed by atoms with Gasteiger partial charge in [0.1, 0.15) is 11.5 Å². The van der Waals surface area contributed by atoms with E-state index in [1.54, 1.807) is 14.2 Å². The molecule has 0 saturated carbocycles. The zero-order valence-corrected chi connectivity index (χ0v) is 21.6. The maximum atomic E-state index is 13.7. The van der Waals surface area contributed by atoms with Crippen LogP contribution in [0.15, 0.2) is 54.2 Å². The van der Waals surface area contributed by atoms with Crippen LogP contribution in [-0.4, -0.2) is 66.0 Å². The van der Waals surface area contributed by atoms with Crippen molar-refractivity contribution in [2.75, 3.05) is 33.9 Å². The minimum Gasteiger partial charge on any atom is -0.497 e. The van der Waals surface area contributed by atoms with Crippen LogP contribution in [0.1, 0.15) is 49.3 Å². The van der Waals surface area contributed by atoms with E-state index in [4.69, 9.17) is 9.47 Å². The van der Waals surface area contributed by atoms with Crippen molar-refractivity contribution < 1.29 is 19.1 Å². The van der Waals surface area contributed by atoms with Gasteiger partial charge in [-0.1, -0.05) is 43.3 Å². The minimum atomic E-state index is -0.400. The summed E-state index contributed by atoms with van der Waals surface area (Å²) in [7, 11) is 3.32. The molecule has 3 heterocycles. The van der Waals surface area contributed by atoms with Crippen LogP contribution in [-0.2, 0) is 17.8 Å². The first-order valence-electron chi connectivity index (χ1n) is 12.8. The molecule has 1 spiro atoms. The highest BCUT2D eigenvalue weighted by atomic mass is 16.5. The second-order valence-electron chi connectivity index (χ2n) is 9.93. The quantitative estimate of drug-likeness (QED) is 0.618. The molecule has 0 N–H and O–H groups in total. The van der Waals surface area contributed by atoms with Gasteiger partial charge in [0.25, 0.3) is 0 Å². The molecule has 0 aliphatic carbocycles. The molecule has 7 heteroatoms. The van der Waals surface area contributed by atoms with Gasteiger partial charge < -0.3 is 19.3 Å². The Bertz CT molecular complexity index is 1180. The van der Waals surface area contributed by atoms with Crippen LogP contribution in [0.2, 0.25) is 0 Å². The molecule has 7 nitrogen and oxygen atoms in total. The summed E-state index contributed by atoms with van der Waals surface area (Å²) in [5, 5.41) is 0. The van der Waals surface area contributed by atoms with Gasteiger partial charge in [-0.2, -0.15) is 0 Å². The van der Waals surface area contributed by atoms with Crippen LogP contribution in [0.3, 0.4) is 0 Å². The van der Waals surface area contributed by atoms with Gasteiger partial charge in [-0.05, 0) is 37.0 Å². The Morgan fingerprint density at radius 1 is 1.08 bits per heavy atom. The lowest BCUT2D eigenvalue weighted by Gasteiger charge is -2.44. The number of likely N-dealkylation sites (tertiary alicyclic amines) is 1. The van der Waals surface area contributed by atoms with Crippen LogP contribution in [0.5, 0.6) is 11.5 Å². The molecule has 190 valence electrons. The number of nitrogens with zero attached hydrogens (tertiary/aromatic N) is 3. The number of methoxy groups -OCH3 is 2. The monoisotopic (exact) mass is 489 g/mol. The average molecular weight is 490 g/mol. The molecule has 3 amide bonds. The Labute approximate surface area is 213 Å². The number of piperidine rings is 1. The van der Waals surface area contributed by atoms with Gasteiger partial charge >= 0.3 is 6.03 Å². The van der Waals surface area contributed by atoms with Crippen molar-refractivity contribution in [3.8, 4) is 11.5 Å². The van der Waals surface area contributed by atoms with E-state index in [9.17, 15) is 9.59 Å². The third kappa shape index (κ3) is 3.91. The number of likely N-dealkylation sites (N-methyl/N-ethyl adjacent to an activating group) is 1. The van der Waals surface area contributed by atoms with E-state index in [0.717, 1.165) is 46.7 Å². The van der Waals surface area contributed by atoms with E-state index in [1.807, 2.05) is 64.1 Å². The van der Waals surface area contributed by atoms with Gasteiger partial charge in [-0.25, -0.2) is 4.79 Å². The van der Waals surface area contributed by atoms with Crippen LogP contribution in [0.25, 0.3) is 0 Å². The smallest absolute Gasteiger partial charge is 0.325 e. The predicted molar refractivity (Wildman–Crippen MR) is 138 cm³/mol. The summed E-state index contributed by atoms with van der Waals surface area (Å²) in [6.45, 7) is 6.59. The lowest BCUT2D eigenvalue weighted by atomic mass is 9.82. The summed E-state index contributed by atoms with van der Waals surface area (Å²) in [4.78, 5) is 32.7. The highest BCUT2D eigenvalue weighted by Crippen LogP contribution is 2.49. The maximum Gasteiger partial charge on any atom is 0.325 e. The molecule has 3 aliphatic heterocycles. The number of fused-ring (bicyclic) bond motifs is 3. The fraction of sp³-hybridized carbons (Fsp3) is 0.448. The fourth-order valence-corrected chi connectivity index (χ4v) is 6.27. The first-order chi connectivity index (χ1) is 17.4. The van der Waals surface area contributed by atoms with Gasteiger partial charge in [0.15, 0.2) is 0 Å². The van der Waals surface area contributed by atoms with Crippen LogP contribution in [0, 0.1) is 0 Å². The van der Waals surface area contributed by atoms with Crippen molar-refractivity contribution in [1.82, 2.24) is 14.7 Å². The van der Waals surface area contributed by atoms with Crippen LogP contribution < -0.4 is 9.47 Å². The molecule has 0 aromatic heterocycles. The molecule has 2 aromatic rings. The number of carbonyl (C=O) groups is 2. The predicted octanol–water partition coefficient (Wildman–Crippen LogP) is 4.57. The van der Waals surface area contributed by atoms with E-state index in [1.165, 1.54) is 0 Å². The highest BCUT2D eigenvalue weighted by molar-refractivity contribution is 5.83. The van der Waals surface area contributed by atoms with Crippen molar-refractivity contribution in [3.63, 3.8) is 0 Å². The van der Waals surface area contributed by atoms with E-state index in [0.29, 0.717) is 32.6 Å². The number of amides is 3. The lowest BCUT2D eigenvalue weighted by Crippen LogP contribution is -2.54. The van der Waals surface area contributed by atoms with Crippen molar-refractivity contribution >= 4 is 11.9 Å². The molecule has 2 aromatic carbocycles. The molecule has 2 fully saturated rings. The minimum absolute atomic E-state index is 0.0367. The first-order valence-corrected chi connectivity index (χ1v) is 12.8. The van der Waals surface area contributed by atoms with Crippen molar-refractivity contribution in [2.45, 2.75) is 51.1 Å². The Morgan fingerprint density at radius 3 is 2.44 bits per heavy atom. The molecule has 2 saturated heterocycles. The molecular weight excluding hydrogens is 454 g/mol. The van der Waals surface area contributed by atoms with Gasteiger partial charge in [-0.15, -0.1) is 0 Å². The number of ether oxygens (including phenoxy) is 2.